The van der Waals surface area contributed by atoms with Crippen LogP contribution in [-0.2, 0) is 16.8 Å². The topological polar surface area (TPSA) is 62.5 Å². The van der Waals surface area contributed by atoms with E-state index in [0.717, 1.165) is 62.6 Å². The second-order valence-corrected chi connectivity index (χ2v) is 7.95. The Balaban J connectivity index is 1.24. The number of carbonyl (C=O) groups is 1. The first-order chi connectivity index (χ1) is 14.2. The summed E-state index contributed by atoms with van der Waals surface area (Å²) in [5.41, 5.74) is 2.54. The van der Waals surface area contributed by atoms with Crippen molar-refractivity contribution in [3.05, 3.63) is 72.2 Å². The summed E-state index contributed by atoms with van der Waals surface area (Å²) in [6, 6.07) is 15.9. The molecule has 6 nitrogen and oxygen atoms in total. The second kappa shape index (κ2) is 7.44. The molecule has 2 aromatic heterocycles. The Morgan fingerprint density at radius 1 is 1.00 bits per heavy atom. The molecule has 1 saturated carbocycles. The Bertz CT molecular complexity index is 974. The summed E-state index contributed by atoms with van der Waals surface area (Å²) < 4.78 is 5.56. The smallest absolute Gasteiger partial charge is 0.235 e. The first-order valence-electron chi connectivity index (χ1n) is 10.2. The molecule has 1 amide bonds. The minimum Gasteiger partial charge on any atom is -0.356 e. The Morgan fingerprint density at radius 3 is 2.41 bits per heavy atom. The molecule has 148 valence electrons. The largest absolute Gasteiger partial charge is 0.356 e. The lowest BCUT2D eigenvalue weighted by molar-refractivity contribution is -0.136. The van der Waals surface area contributed by atoms with Crippen LogP contribution < -0.4 is 0 Å². The van der Waals surface area contributed by atoms with Crippen molar-refractivity contribution < 1.29 is 9.32 Å². The van der Waals surface area contributed by atoms with Gasteiger partial charge in [0.2, 0.25) is 5.91 Å². The van der Waals surface area contributed by atoms with Gasteiger partial charge in [-0.25, -0.2) is 0 Å². The molecule has 5 rings (SSSR count). The van der Waals surface area contributed by atoms with E-state index in [-0.39, 0.29) is 5.91 Å². The Labute approximate surface area is 170 Å². The van der Waals surface area contributed by atoms with E-state index in [1.807, 2.05) is 65.8 Å². The van der Waals surface area contributed by atoms with Crippen LogP contribution in [0, 0.1) is 0 Å². The van der Waals surface area contributed by atoms with Gasteiger partial charge < -0.3 is 9.42 Å². The lowest BCUT2D eigenvalue weighted by atomic mass is 9.99. The molecule has 2 fully saturated rings. The molecule has 0 spiro atoms. The number of aromatic nitrogens is 2. The van der Waals surface area contributed by atoms with Crippen LogP contribution in [-0.4, -0.2) is 52.0 Å². The van der Waals surface area contributed by atoms with Gasteiger partial charge in [-0.1, -0.05) is 35.5 Å². The number of amides is 1. The number of benzene rings is 1. The average Bonchev–Trinajstić information content (AvgIpc) is 3.44. The predicted octanol–water partition coefficient (Wildman–Crippen LogP) is 3.11. The van der Waals surface area contributed by atoms with Crippen LogP contribution in [0.4, 0.5) is 0 Å². The molecule has 0 atom stereocenters. The summed E-state index contributed by atoms with van der Waals surface area (Å²) in [7, 11) is 0. The number of piperazine rings is 1. The van der Waals surface area contributed by atoms with Crippen LogP contribution in [0.1, 0.15) is 24.1 Å². The fourth-order valence-corrected chi connectivity index (χ4v) is 4.10. The fraction of sp³-hybridized carbons (Fsp3) is 0.348. The zero-order valence-electron chi connectivity index (χ0n) is 16.3. The van der Waals surface area contributed by atoms with Crippen molar-refractivity contribution in [2.45, 2.75) is 24.8 Å². The van der Waals surface area contributed by atoms with Gasteiger partial charge in [0.15, 0.2) is 5.76 Å². The average molecular weight is 388 g/mol. The van der Waals surface area contributed by atoms with E-state index in [9.17, 15) is 4.79 Å². The lowest BCUT2D eigenvalue weighted by Gasteiger charge is -2.36. The lowest BCUT2D eigenvalue weighted by Crippen LogP contribution is -2.51. The maximum absolute atomic E-state index is 13.3. The second-order valence-electron chi connectivity index (χ2n) is 7.95. The van der Waals surface area contributed by atoms with Crippen LogP contribution in [0.3, 0.4) is 0 Å². The van der Waals surface area contributed by atoms with Crippen LogP contribution in [0.15, 0.2) is 65.4 Å². The maximum atomic E-state index is 13.3. The van der Waals surface area contributed by atoms with Gasteiger partial charge in [0.1, 0.15) is 0 Å². The van der Waals surface area contributed by atoms with E-state index in [1.165, 1.54) is 5.56 Å². The zero-order chi connectivity index (χ0) is 19.7. The minimum atomic E-state index is -0.482. The first kappa shape index (κ1) is 18.1. The monoisotopic (exact) mass is 388 g/mol. The van der Waals surface area contributed by atoms with Gasteiger partial charge in [-0.3, -0.25) is 14.7 Å². The molecule has 1 aliphatic heterocycles. The number of nitrogens with zero attached hydrogens (tertiary/aromatic N) is 4. The summed E-state index contributed by atoms with van der Waals surface area (Å²) in [4.78, 5) is 21.8. The first-order valence-corrected chi connectivity index (χ1v) is 10.2. The quantitative estimate of drug-likeness (QED) is 0.672. The maximum Gasteiger partial charge on any atom is 0.235 e. The van der Waals surface area contributed by atoms with Gasteiger partial charge in [0.05, 0.1) is 11.1 Å². The third-order valence-corrected chi connectivity index (χ3v) is 6.03. The molecular weight excluding hydrogens is 364 g/mol. The number of rotatable bonds is 5. The van der Waals surface area contributed by atoms with Gasteiger partial charge in [-0.2, -0.15) is 0 Å². The summed E-state index contributed by atoms with van der Waals surface area (Å²) in [6.07, 6.45) is 5.36. The Morgan fingerprint density at radius 2 is 1.72 bits per heavy atom. The molecule has 2 aliphatic rings. The van der Waals surface area contributed by atoms with E-state index in [4.69, 9.17) is 4.52 Å². The number of hydrogen-bond acceptors (Lipinski definition) is 5. The van der Waals surface area contributed by atoms with Gasteiger partial charge >= 0.3 is 0 Å². The normalized spacial score (nSPS) is 18.6. The van der Waals surface area contributed by atoms with Gasteiger partial charge in [0, 0.05) is 56.7 Å². The molecule has 1 saturated heterocycles. The van der Waals surface area contributed by atoms with Crippen molar-refractivity contribution in [1.82, 2.24) is 19.9 Å². The van der Waals surface area contributed by atoms with Crippen LogP contribution in [0.2, 0.25) is 0 Å². The molecule has 0 radical (unpaired) electrons. The Kier molecular flexibility index (Phi) is 4.64. The van der Waals surface area contributed by atoms with E-state index in [2.05, 4.69) is 15.0 Å². The SMILES string of the molecule is O=C(N1CCN(Cc2ccncc2)CC1)C1(c2cc(-c3ccccc3)on2)CC1. The van der Waals surface area contributed by atoms with Crippen molar-refractivity contribution in [1.29, 1.82) is 0 Å². The number of hydrogen-bond donors (Lipinski definition) is 0. The highest BCUT2D eigenvalue weighted by atomic mass is 16.5. The third-order valence-electron chi connectivity index (χ3n) is 6.03. The number of pyridine rings is 1. The van der Waals surface area contributed by atoms with E-state index < -0.39 is 5.41 Å². The van der Waals surface area contributed by atoms with E-state index in [0.29, 0.717) is 0 Å². The van der Waals surface area contributed by atoms with Crippen molar-refractivity contribution in [2.75, 3.05) is 26.2 Å². The van der Waals surface area contributed by atoms with Gasteiger partial charge in [0.25, 0.3) is 0 Å². The summed E-state index contributed by atoms with van der Waals surface area (Å²) in [6.45, 7) is 4.19. The molecule has 3 heterocycles. The molecule has 1 aromatic carbocycles. The molecule has 0 N–H and O–H groups in total. The van der Waals surface area contributed by atoms with E-state index in [1.54, 1.807) is 0 Å². The zero-order valence-corrected chi connectivity index (χ0v) is 16.3. The highest BCUT2D eigenvalue weighted by Crippen LogP contribution is 2.49. The molecule has 1 aliphatic carbocycles. The van der Waals surface area contributed by atoms with E-state index >= 15 is 0 Å². The molecule has 6 heteroatoms. The summed E-state index contributed by atoms with van der Waals surface area (Å²) >= 11 is 0. The highest BCUT2D eigenvalue weighted by Gasteiger charge is 2.55. The standard InChI is InChI=1S/C23H24N4O2/c28-22(27-14-12-26(13-15-27)17-18-6-10-24-11-7-18)23(8-9-23)21-16-20(29-25-21)19-4-2-1-3-5-19/h1-7,10-11,16H,8-9,12-15,17H2. The molecular formula is C23H24N4O2. The van der Waals surface area contributed by atoms with Crippen LogP contribution in [0.25, 0.3) is 11.3 Å². The molecule has 0 bridgehead atoms. The fourth-order valence-electron chi connectivity index (χ4n) is 4.10. The highest BCUT2D eigenvalue weighted by molar-refractivity contribution is 5.91. The van der Waals surface area contributed by atoms with Crippen molar-refractivity contribution in [3.63, 3.8) is 0 Å². The predicted molar refractivity (Wildman–Crippen MR) is 109 cm³/mol. The number of carbonyl (C=O) groups excluding carboxylic acids is 1. The van der Waals surface area contributed by atoms with Crippen molar-refractivity contribution in [2.24, 2.45) is 0 Å². The van der Waals surface area contributed by atoms with Gasteiger partial charge in [-0.05, 0) is 30.5 Å². The Hall–Kier alpha value is -2.99. The van der Waals surface area contributed by atoms with Crippen LogP contribution >= 0.6 is 0 Å². The molecule has 3 aromatic rings. The molecule has 0 unspecified atom stereocenters. The third kappa shape index (κ3) is 3.56. The summed E-state index contributed by atoms with van der Waals surface area (Å²) in [5, 5.41) is 4.27. The minimum absolute atomic E-state index is 0.203. The van der Waals surface area contributed by atoms with Crippen molar-refractivity contribution >= 4 is 5.91 Å². The summed E-state index contributed by atoms with van der Waals surface area (Å²) in [5.74, 6) is 0.927. The van der Waals surface area contributed by atoms with Gasteiger partial charge in [-0.15, -0.1) is 0 Å². The molecule has 29 heavy (non-hydrogen) atoms. The van der Waals surface area contributed by atoms with Crippen molar-refractivity contribution in [3.8, 4) is 11.3 Å². The van der Waals surface area contributed by atoms with Crippen LogP contribution in [0.5, 0.6) is 0 Å².